The smallest absolute Gasteiger partial charge is 0.236 e. The van der Waals surface area contributed by atoms with Crippen LogP contribution in [0.1, 0.15) is 18.3 Å². The summed E-state index contributed by atoms with van der Waals surface area (Å²) < 4.78 is 2.95. The summed E-state index contributed by atoms with van der Waals surface area (Å²) in [6.45, 7) is 5.81. The van der Waals surface area contributed by atoms with E-state index in [1.807, 2.05) is 18.5 Å². The molecule has 1 aromatic heterocycles. The van der Waals surface area contributed by atoms with Gasteiger partial charge in [-0.15, -0.1) is 0 Å². The number of nitrogens with one attached hydrogen (secondary N) is 1. The monoisotopic (exact) mass is 302 g/mol. The largest absolute Gasteiger partial charge is 0.348 e. The van der Waals surface area contributed by atoms with Crippen LogP contribution in [-0.4, -0.2) is 41.2 Å². The first-order chi connectivity index (χ1) is 7.97. The second kappa shape index (κ2) is 6.16. The number of nitrogens with zero attached hydrogens (tertiary/aromatic N) is 3. The number of carbonyl (C=O) groups excluding carboxylic acids is 1. The molecule has 1 aromatic rings. The van der Waals surface area contributed by atoms with Crippen molar-refractivity contribution in [2.45, 2.75) is 26.9 Å². The van der Waals surface area contributed by atoms with Crippen LogP contribution in [0.25, 0.3) is 0 Å². The third kappa shape index (κ3) is 3.54. The maximum absolute atomic E-state index is 11.4. The van der Waals surface area contributed by atoms with Gasteiger partial charge in [0.05, 0.1) is 22.4 Å². The van der Waals surface area contributed by atoms with Crippen LogP contribution in [0.4, 0.5) is 0 Å². The van der Waals surface area contributed by atoms with Crippen molar-refractivity contribution in [1.29, 1.82) is 0 Å². The van der Waals surface area contributed by atoms with Crippen LogP contribution in [0, 0.1) is 6.92 Å². The molecule has 0 aromatic carbocycles. The maximum Gasteiger partial charge on any atom is 0.236 e. The topological polar surface area (TPSA) is 50.2 Å². The fraction of sp³-hybridized carbons (Fsp3) is 0.636. The van der Waals surface area contributed by atoms with Crippen molar-refractivity contribution < 1.29 is 4.79 Å². The van der Waals surface area contributed by atoms with Gasteiger partial charge in [0.25, 0.3) is 0 Å². The van der Waals surface area contributed by atoms with Crippen molar-refractivity contribution in [2.75, 3.05) is 20.6 Å². The summed E-state index contributed by atoms with van der Waals surface area (Å²) in [6.07, 6.45) is 0. The Morgan fingerprint density at radius 1 is 1.53 bits per heavy atom. The quantitative estimate of drug-likeness (QED) is 0.888. The van der Waals surface area contributed by atoms with E-state index in [2.05, 4.69) is 26.3 Å². The highest BCUT2D eigenvalue weighted by Gasteiger charge is 2.12. The van der Waals surface area contributed by atoms with Gasteiger partial charge in [-0.2, -0.15) is 5.10 Å². The van der Waals surface area contributed by atoms with Crippen molar-refractivity contribution in [3.63, 3.8) is 0 Å². The van der Waals surface area contributed by atoms with Gasteiger partial charge < -0.3 is 10.2 Å². The summed E-state index contributed by atoms with van der Waals surface area (Å²) in [5.41, 5.74) is 2.05. The Bertz CT molecular complexity index is 400. The van der Waals surface area contributed by atoms with Gasteiger partial charge in [0.1, 0.15) is 0 Å². The predicted octanol–water partition coefficient (Wildman–Crippen LogP) is 1.15. The number of rotatable bonds is 5. The number of hydrogen-bond acceptors (Lipinski definition) is 3. The zero-order valence-corrected chi connectivity index (χ0v) is 12.3. The SMILES string of the molecule is CCn1nc(C)c(Br)c1CNCC(=O)N(C)C. The molecule has 0 spiro atoms. The first-order valence-electron chi connectivity index (χ1n) is 5.60. The fourth-order valence-electron chi connectivity index (χ4n) is 1.48. The van der Waals surface area contributed by atoms with Crippen molar-refractivity contribution in [2.24, 2.45) is 0 Å². The van der Waals surface area contributed by atoms with E-state index in [0.717, 1.165) is 22.4 Å². The molecule has 0 bridgehead atoms. The van der Waals surface area contributed by atoms with Crippen LogP contribution in [0.3, 0.4) is 0 Å². The van der Waals surface area contributed by atoms with E-state index in [0.29, 0.717) is 13.1 Å². The van der Waals surface area contributed by atoms with Gasteiger partial charge in [0.15, 0.2) is 0 Å². The molecule has 6 heteroatoms. The minimum absolute atomic E-state index is 0.0698. The molecule has 1 heterocycles. The highest BCUT2D eigenvalue weighted by molar-refractivity contribution is 9.10. The molecule has 0 unspecified atom stereocenters. The van der Waals surface area contributed by atoms with Gasteiger partial charge in [-0.1, -0.05) is 0 Å². The molecule has 96 valence electrons. The van der Waals surface area contributed by atoms with Gasteiger partial charge in [-0.05, 0) is 29.8 Å². The highest BCUT2D eigenvalue weighted by Crippen LogP contribution is 2.20. The molecule has 1 rings (SSSR count). The van der Waals surface area contributed by atoms with E-state index in [1.165, 1.54) is 0 Å². The Balaban J connectivity index is 2.60. The highest BCUT2D eigenvalue weighted by atomic mass is 79.9. The lowest BCUT2D eigenvalue weighted by molar-refractivity contribution is -0.127. The number of carbonyl (C=O) groups is 1. The van der Waals surface area contributed by atoms with E-state index in [1.54, 1.807) is 19.0 Å². The van der Waals surface area contributed by atoms with Crippen molar-refractivity contribution >= 4 is 21.8 Å². The molecule has 0 aliphatic heterocycles. The van der Waals surface area contributed by atoms with E-state index in [9.17, 15) is 4.79 Å². The average Bonchev–Trinajstić information content (AvgIpc) is 2.56. The maximum atomic E-state index is 11.4. The molecule has 17 heavy (non-hydrogen) atoms. The van der Waals surface area contributed by atoms with Gasteiger partial charge in [0.2, 0.25) is 5.91 Å². The number of aromatic nitrogens is 2. The standard InChI is InChI=1S/C11H19BrN4O/c1-5-16-9(11(12)8(2)14-16)6-13-7-10(17)15(3)4/h13H,5-7H2,1-4H3. The summed E-state index contributed by atoms with van der Waals surface area (Å²) in [7, 11) is 3.50. The Morgan fingerprint density at radius 2 is 2.18 bits per heavy atom. The second-order valence-corrected chi connectivity index (χ2v) is 4.85. The molecule has 1 amide bonds. The third-order valence-corrected chi connectivity index (χ3v) is 3.55. The number of halogens is 1. The van der Waals surface area contributed by atoms with Gasteiger partial charge in [-0.25, -0.2) is 0 Å². The Morgan fingerprint density at radius 3 is 2.71 bits per heavy atom. The Kier molecular flexibility index (Phi) is 5.14. The van der Waals surface area contributed by atoms with Crippen LogP contribution >= 0.6 is 15.9 Å². The number of aryl methyl sites for hydroxylation is 2. The first-order valence-corrected chi connectivity index (χ1v) is 6.39. The molecule has 0 atom stereocenters. The van der Waals surface area contributed by atoms with Crippen LogP contribution < -0.4 is 5.32 Å². The lowest BCUT2D eigenvalue weighted by atomic mass is 10.3. The van der Waals surface area contributed by atoms with Gasteiger partial charge >= 0.3 is 0 Å². The number of hydrogen-bond donors (Lipinski definition) is 1. The molecule has 0 radical (unpaired) electrons. The van der Waals surface area contributed by atoms with E-state index in [-0.39, 0.29) is 5.91 Å². The first kappa shape index (κ1) is 14.2. The van der Waals surface area contributed by atoms with Gasteiger partial charge in [0, 0.05) is 27.2 Å². The molecular weight excluding hydrogens is 284 g/mol. The molecule has 5 nitrogen and oxygen atoms in total. The molecule has 0 saturated carbocycles. The Labute approximate surface area is 110 Å². The summed E-state index contributed by atoms with van der Waals surface area (Å²) in [5, 5.41) is 7.53. The van der Waals surface area contributed by atoms with E-state index in [4.69, 9.17) is 0 Å². The number of amides is 1. The van der Waals surface area contributed by atoms with Crippen molar-refractivity contribution in [3.05, 3.63) is 15.9 Å². The molecule has 0 saturated heterocycles. The summed E-state index contributed by atoms with van der Waals surface area (Å²) in [5.74, 6) is 0.0698. The third-order valence-electron chi connectivity index (χ3n) is 2.52. The summed E-state index contributed by atoms with van der Waals surface area (Å²) >= 11 is 3.52. The summed E-state index contributed by atoms with van der Waals surface area (Å²) in [4.78, 5) is 13.0. The Hall–Kier alpha value is -0.880. The zero-order chi connectivity index (χ0) is 13.0. The van der Waals surface area contributed by atoms with Gasteiger partial charge in [-0.3, -0.25) is 9.48 Å². The molecule has 1 N–H and O–H groups in total. The fourth-order valence-corrected chi connectivity index (χ4v) is 1.91. The van der Waals surface area contributed by atoms with Crippen LogP contribution in [0.15, 0.2) is 4.47 Å². The van der Waals surface area contributed by atoms with Crippen LogP contribution in [0.5, 0.6) is 0 Å². The lowest BCUT2D eigenvalue weighted by Gasteiger charge is -2.11. The number of likely N-dealkylation sites (N-methyl/N-ethyl adjacent to an activating group) is 1. The van der Waals surface area contributed by atoms with Crippen LogP contribution in [-0.2, 0) is 17.9 Å². The van der Waals surface area contributed by atoms with E-state index >= 15 is 0 Å². The zero-order valence-electron chi connectivity index (χ0n) is 10.7. The minimum atomic E-state index is 0.0698. The molecule has 0 aliphatic rings. The van der Waals surface area contributed by atoms with E-state index < -0.39 is 0 Å². The lowest BCUT2D eigenvalue weighted by Crippen LogP contribution is -2.33. The second-order valence-electron chi connectivity index (χ2n) is 4.05. The molecule has 0 aliphatic carbocycles. The summed E-state index contributed by atoms with van der Waals surface area (Å²) in [6, 6.07) is 0. The van der Waals surface area contributed by atoms with Crippen LogP contribution in [0.2, 0.25) is 0 Å². The predicted molar refractivity (Wildman–Crippen MR) is 70.7 cm³/mol. The van der Waals surface area contributed by atoms with Crippen molar-refractivity contribution in [1.82, 2.24) is 20.0 Å². The average molecular weight is 303 g/mol. The van der Waals surface area contributed by atoms with Crippen molar-refractivity contribution in [3.8, 4) is 0 Å². The molecule has 0 fully saturated rings. The minimum Gasteiger partial charge on any atom is -0.348 e. The normalized spacial score (nSPS) is 10.6. The molecular formula is C11H19BrN4O.